The van der Waals surface area contributed by atoms with Gasteiger partial charge in [0.1, 0.15) is 12.4 Å². The second kappa shape index (κ2) is 9.46. The number of nitrogens with one attached hydrogen (secondary N) is 3. The van der Waals surface area contributed by atoms with Crippen LogP contribution in [0.4, 0.5) is 10.5 Å². The zero-order valence-corrected chi connectivity index (χ0v) is 15.4. The first-order valence-corrected chi connectivity index (χ1v) is 8.53. The van der Waals surface area contributed by atoms with Crippen molar-refractivity contribution in [1.29, 1.82) is 0 Å². The van der Waals surface area contributed by atoms with Gasteiger partial charge in [0, 0.05) is 5.69 Å². The molecule has 0 saturated heterocycles. The summed E-state index contributed by atoms with van der Waals surface area (Å²) >= 11 is 0. The lowest BCUT2D eigenvalue weighted by Gasteiger charge is -2.13. The van der Waals surface area contributed by atoms with E-state index in [1.165, 1.54) is 0 Å². The summed E-state index contributed by atoms with van der Waals surface area (Å²) in [6.45, 7) is 6.51. The third-order valence-corrected chi connectivity index (χ3v) is 3.75. The monoisotopic (exact) mass is 355 g/mol. The van der Waals surface area contributed by atoms with Crippen LogP contribution in [-0.4, -0.2) is 31.6 Å². The molecule has 26 heavy (non-hydrogen) atoms. The molecule has 3 amide bonds. The summed E-state index contributed by atoms with van der Waals surface area (Å²) in [5, 5.41) is 8.03. The molecule has 0 aliphatic carbocycles. The van der Waals surface area contributed by atoms with E-state index >= 15 is 0 Å². The van der Waals surface area contributed by atoms with Crippen LogP contribution in [-0.2, 0) is 4.79 Å². The number of para-hydroxylation sites is 1. The predicted octanol–water partition coefficient (Wildman–Crippen LogP) is 2.93. The van der Waals surface area contributed by atoms with Crippen LogP contribution in [0.1, 0.15) is 16.7 Å². The molecule has 3 N–H and O–H groups in total. The highest BCUT2D eigenvalue weighted by Crippen LogP contribution is 2.21. The molecular weight excluding hydrogens is 330 g/mol. The molecule has 0 bridgehead atoms. The van der Waals surface area contributed by atoms with Gasteiger partial charge in [0.05, 0.1) is 13.1 Å². The maximum absolute atomic E-state index is 12.0. The molecule has 0 aliphatic heterocycles. The average Bonchev–Trinajstić information content (AvgIpc) is 2.61. The zero-order valence-electron chi connectivity index (χ0n) is 15.4. The summed E-state index contributed by atoms with van der Waals surface area (Å²) < 4.78 is 5.48. The minimum Gasteiger partial charge on any atom is -0.492 e. The number of hydrogen-bond acceptors (Lipinski definition) is 3. The molecule has 138 valence electrons. The van der Waals surface area contributed by atoms with Gasteiger partial charge in [-0.2, -0.15) is 0 Å². The molecule has 0 spiro atoms. The summed E-state index contributed by atoms with van der Waals surface area (Å²) in [5.74, 6) is 0.480. The molecule has 2 rings (SSSR count). The van der Waals surface area contributed by atoms with Crippen molar-refractivity contribution in [3.63, 3.8) is 0 Å². The van der Waals surface area contributed by atoms with Gasteiger partial charge in [0.25, 0.3) is 0 Å². The lowest BCUT2D eigenvalue weighted by atomic mass is 10.1. The van der Waals surface area contributed by atoms with Gasteiger partial charge in [0.2, 0.25) is 5.91 Å². The Balaban J connectivity index is 1.68. The molecule has 0 aromatic heterocycles. The van der Waals surface area contributed by atoms with Crippen molar-refractivity contribution >= 4 is 17.6 Å². The topological polar surface area (TPSA) is 79.5 Å². The van der Waals surface area contributed by atoms with Crippen LogP contribution < -0.4 is 20.7 Å². The molecule has 6 nitrogen and oxygen atoms in total. The molecule has 0 radical (unpaired) electrons. The van der Waals surface area contributed by atoms with Gasteiger partial charge in [0.15, 0.2) is 0 Å². The van der Waals surface area contributed by atoms with Gasteiger partial charge >= 0.3 is 6.03 Å². The largest absolute Gasteiger partial charge is 0.492 e. The van der Waals surface area contributed by atoms with Crippen molar-refractivity contribution in [3.05, 3.63) is 59.2 Å². The van der Waals surface area contributed by atoms with E-state index in [-0.39, 0.29) is 12.5 Å². The highest BCUT2D eigenvalue weighted by Gasteiger charge is 2.09. The van der Waals surface area contributed by atoms with Crippen LogP contribution in [0.15, 0.2) is 42.5 Å². The van der Waals surface area contributed by atoms with Crippen molar-refractivity contribution < 1.29 is 14.3 Å². The molecule has 0 saturated carbocycles. The molecule has 0 heterocycles. The first-order chi connectivity index (χ1) is 12.5. The quantitative estimate of drug-likeness (QED) is 0.668. The van der Waals surface area contributed by atoms with Gasteiger partial charge in [-0.25, -0.2) is 4.79 Å². The van der Waals surface area contributed by atoms with E-state index in [9.17, 15) is 9.59 Å². The lowest BCUT2D eigenvalue weighted by molar-refractivity contribution is -0.115. The second-order valence-corrected chi connectivity index (χ2v) is 6.09. The second-order valence-electron chi connectivity index (χ2n) is 6.09. The fourth-order valence-electron chi connectivity index (χ4n) is 2.63. The maximum atomic E-state index is 12.0. The third-order valence-electron chi connectivity index (χ3n) is 3.75. The van der Waals surface area contributed by atoms with Crippen LogP contribution in [0.3, 0.4) is 0 Å². The number of ether oxygens (including phenoxy) is 1. The van der Waals surface area contributed by atoms with Gasteiger partial charge in [-0.05, 0) is 44.0 Å². The van der Waals surface area contributed by atoms with Crippen molar-refractivity contribution in [3.8, 4) is 5.75 Å². The van der Waals surface area contributed by atoms with Crippen molar-refractivity contribution in [1.82, 2.24) is 10.6 Å². The molecule has 0 atom stereocenters. The summed E-state index contributed by atoms with van der Waals surface area (Å²) in [6, 6.07) is 13.0. The minimum atomic E-state index is -0.408. The highest BCUT2D eigenvalue weighted by molar-refractivity contribution is 5.95. The average molecular weight is 355 g/mol. The molecule has 0 unspecified atom stereocenters. The Kier molecular flexibility index (Phi) is 7.02. The minimum absolute atomic E-state index is 0.0991. The Labute approximate surface area is 153 Å². The number of urea groups is 1. The van der Waals surface area contributed by atoms with Crippen LogP contribution in [0, 0.1) is 20.8 Å². The SMILES string of the molecule is Cc1cc(C)c(NC(=O)CNC(=O)NCCOc2ccccc2)c(C)c1. The van der Waals surface area contributed by atoms with Gasteiger partial charge in [-0.1, -0.05) is 35.9 Å². The number of carbonyl (C=O) groups is 2. The lowest BCUT2D eigenvalue weighted by Crippen LogP contribution is -2.41. The van der Waals surface area contributed by atoms with Gasteiger partial charge in [-0.15, -0.1) is 0 Å². The predicted molar refractivity (Wildman–Crippen MR) is 103 cm³/mol. The van der Waals surface area contributed by atoms with E-state index in [0.717, 1.165) is 28.1 Å². The van der Waals surface area contributed by atoms with Crippen LogP contribution in [0.25, 0.3) is 0 Å². The first kappa shape index (κ1) is 19.3. The van der Waals surface area contributed by atoms with E-state index in [4.69, 9.17) is 4.74 Å². The fourth-order valence-corrected chi connectivity index (χ4v) is 2.63. The summed E-state index contributed by atoms with van der Waals surface area (Å²) in [5.41, 5.74) is 3.93. The van der Waals surface area contributed by atoms with Crippen LogP contribution in [0.5, 0.6) is 5.75 Å². The Morgan fingerprint density at radius 2 is 1.62 bits per heavy atom. The molecule has 0 aliphatic rings. The van der Waals surface area contributed by atoms with Gasteiger partial charge in [-0.3, -0.25) is 4.79 Å². The summed E-state index contributed by atoms with van der Waals surface area (Å²) in [6.07, 6.45) is 0. The van der Waals surface area contributed by atoms with E-state index in [1.807, 2.05) is 63.2 Å². The number of benzene rings is 2. The smallest absolute Gasteiger partial charge is 0.315 e. The molecular formula is C20H25N3O3. The fraction of sp³-hybridized carbons (Fsp3) is 0.300. The standard InChI is InChI=1S/C20H25N3O3/c1-14-11-15(2)19(16(3)12-14)23-18(24)13-22-20(25)21-9-10-26-17-7-5-4-6-8-17/h4-8,11-12H,9-10,13H2,1-3H3,(H,23,24)(H2,21,22,25). The summed E-state index contributed by atoms with van der Waals surface area (Å²) in [7, 11) is 0. The summed E-state index contributed by atoms with van der Waals surface area (Å²) in [4.78, 5) is 23.8. The molecule has 2 aromatic rings. The third kappa shape index (κ3) is 6.12. The van der Waals surface area contributed by atoms with Crippen LogP contribution in [0.2, 0.25) is 0 Å². The van der Waals surface area contributed by atoms with E-state index in [0.29, 0.717) is 13.2 Å². The van der Waals surface area contributed by atoms with Gasteiger partial charge < -0.3 is 20.7 Å². The highest BCUT2D eigenvalue weighted by atomic mass is 16.5. The molecule has 6 heteroatoms. The van der Waals surface area contributed by atoms with Crippen molar-refractivity contribution in [2.24, 2.45) is 0 Å². The number of aryl methyl sites for hydroxylation is 3. The molecule has 2 aromatic carbocycles. The Hall–Kier alpha value is -3.02. The number of hydrogen-bond donors (Lipinski definition) is 3. The zero-order chi connectivity index (χ0) is 18.9. The van der Waals surface area contributed by atoms with Crippen molar-refractivity contribution in [2.75, 3.05) is 25.0 Å². The Morgan fingerprint density at radius 3 is 2.27 bits per heavy atom. The number of rotatable bonds is 7. The Morgan fingerprint density at radius 1 is 0.962 bits per heavy atom. The number of carbonyl (C=O) groups excluding carboxylic acids is 2. The normalized spacial score (nSPS) is 10.1. The number of amides is 3. The van der Waals surface area contributed by atoms with Crippen LogP contribution >= 0.6 is 0 Å². The maximum Gasteiger partial charge on any atom is 0.315 e. The number of anilines is 1. The van der Waals surface area contributed by atoms with Crippen molar-refractivity contribution in [2.45, 2.75) is 20.8 Å². The van der Waals surface area contributed by atoms with E-state index in [1.54, 1.807) is 0 Å². The first-order valence-electron chi connectivity index (χ1n) is 8.53. The molecule has 0 fully saturated rings. The van der Waals surface area contributed by atoms with E-state index in [2.05, 4.69) is 16.0 Å². The Bertz CT molecular complexity index is 737. The van der Waals surface area contributed by atoms with E-state index < -0.39 is 6.03 Å².